The van der Waals surface area contributed by atoms with Crippen LogP contribution in [0.4, 0.5) is 4.39 Å². The van der Waals surface area contributed by atoms with E-state index in [4.69, 9.17) is 0 Å². The van der Waals surface area contributed by atoms with Crippen molar-refractivity contribution in [2.24, 2.45) is 0 Å². The second-order valence-corrected chi connectivity index (χ2v) is 7.04. The van der Waals surface area contributed by atoms with E-state index in [2.05, 4.69) is 6.58 Å². The molecule has 0 aromatic heterocycles. The number of hydrogen-bond acceptors (Lipinski definition) is 3. The van der Waals surface area contributed by atoms with E-state index < -0.39 is 5.60 Å². The second kappa shape index (κ2) is 7.29. The van der Waals surface area contributed by atoms with Gasteiger partial charge in [-0.15, -0.1) is 0 Å². The Hall–Kier alpha value is -1.33. The van der Waals surface area contributed by atoms with E-state index in [1.165, 1.54) is 12.1 Å². The molecule has 1 amide bonds. The molecule has 0 unspecified atom stereocenters. The van der Waals surface area contributed by atoms with E-state index in [0.717, 1.165) is 17.1 Å². The number of amides is 1. The summed E-state index contributed by atoms with van der Waals surface area (Å²) in [6, 6.07) is 4.82. The highest BCUT2D eigenvalue weighted by molar-refractivity contribution is 7.99. The number of aliphatic hydroxyl groups is 1. The smallest absolute Gasteiger partial charge is 0.246 e. The minimum atomic E-state index is -0.834. The highest BCUT2D eigenvalue weighted by atomic mass is 32.2. The van der Waals surface area contributed by atoms with Crippen molar-refractivity contribution in [2.45, 2.75) is 31.9 Å². The number of hydrogen-bond donors (Lipinski definition) is 1. The zero-order chi connectivity index (χ0) is 16.2. The van der Waals surface area contributed by atoms with E-state index in [1.54, 1.807) is 24.0 Å². The fourth-order valence-electron chi connectivity index (χ4n) is 2.63. The zero-order valence-electron chi connectivity index (χ0n) is 12.8. The van der Waals surface area contributed by atoms with Crippen molar-refractivity contribution in [3.63, 3.8) is 0 Å². The summed E-state index contributed by atoms with van der Waals surface area (Å²) in [6.45, 7) is 5.87. The van der Waals surface area contributed by atoms with E-state index >= 15 is 0 Å². The average molecular weight is 323 g/mol. The molecule has 0 atom stereocenters. The first kappa shape index (κ1) is 17.0. The molecule has 0 saturated carbocycles. The number of aryl methyl sites for hydroxylation is 1. The van der Waals surface area contributed by atoms with Crippen LogP contribution in [0.1, 0.15) is 24.0 Å². The van der Waals surface area contributed by atoms with Gasteiger partial charge in [-0.1, -0.05) is 18.7 Å². The lowest BCUT2D eigenvalue weighted by Crippen LogP contribution is -2.47. The monoisotopic (exact) mass is 323 g/mol. The molecule has 1 N–H and O–H groups in total. The van der Waals surface area contributed by atoms with Crippen LogP contribution >= 0.6 is 11.8 Å². The number of carbonyl (C=O) groups is 1. The molecule has 0 radical (unpaired) electrons. The van der Waals surface area contributed by atoms with Gasteiger partial charge in [0.25, 0.3) is 0 Å². The first-order valence-electron chi connectivity index (χ1n) is 7.40. The summed E-state index contributed by atoms with van der Waals surface area (Å²) in [5.41, 5.74) is 0.568. The Labute approximate surface area is 135 Å². The predicted octanol–water partition coefficient (Wildman–Crippen LogP) is 2.91. The number of halogens is 1. The summed E-state index contributed by atoms with van der Waals surface area (Å²) in [5, 5.41) is 10.7. The maximum atomic E-state index is 13.4. The van der Waals surface area contributed by atoms with Gasteiger partial charge in [-0.25, -0.2) is 4.39 Å². The first-order valence-corrected chi connectivity index (χ1v) is 8.55. The van der Waals surface area contributed by atoms with Gasteiger partial charge in [-0.05, 0) is 54.5 Å². The van der Waals surface area contributed by atoms with Gasteiger partial charge in [0.05, 0.1) is 12.1 Å². The molecule has 1 aromatic carbocycles. The van der Waals surface area contributed by atoms with E-state index in [9.17, 15) is 14.3 Å². The molecule has 2 rings (SSSR count). The molecule has 3 nitrogen and oxygen atoms in total. The lowest BCUT2D eigenvalue weighted by atomic mass is 9.95. The lowest BCUT2D eigenvalue weighted by Gasteiger charge is -2.36. The topological polar surface area (TPSA) is 40.5 Å². The number of rotatable bonds is 5. The second-order valence-electron chi connectivity index (χ2n) is 5.82. The summed E-state index contributed by atoms with van der Waals surface area (Å²) in [5.74, 6) is 1.34. The summed E-state index contributed by atoms with van der Waals surface area (Å²) in [7, 11) is 0. The third kappa shape index (κ3) is 4.34. The van der Waals surface area contributed by atoms with Crippen LogP contribution in [0.3, 0.4) is 0 Å². The van der Waals surface area contributed by atoms with Crippen molar-refractivity contribution < 1.29 is 14.3 Å². The van der Waals surface area contributed by atoms with Gasteiger partial charge in [0.1, 0.15) is 5.82 Å². The molecule has 1 aliphatic rings. The van der Waals surface area contributed by atoms with Crippen LogP contribution in [0.25, 0.3) is 0 Å². The van der Waals surface area contributed by atoms with Crippen LogP contribution in [0.2, 0.25) is 0 Å². The number of thioether (sulfide) groups is 1. The van der Waals surface area contributed by atoms with Crippen molar-refractivity contribution in [2.75, 3.05) is 18.1 Å². The number of nitrogens with zero attached hydrogens (tertiary/aromatic N) is 1. The van der Waals surface area contributed by atoms with Crippen molar-refractivity contribution in [3.8, 4) is 0 Å². The number of benzene rings is 1. The minimum absolute atomic E-state index is 0.214. The van der Waals surface area contributed by atoms with Gasteiger partial charge >= 0.3 is 0 Å². The summed E-state index contributed by atoms with van der Waals surface area (Å²) in [4.78, 5) is 13.7. The van der Waals surface area contributed by atoms with Crippen LogP contribution < -0.4 is 0 Å². The molecule has 0 bridgehead atoms. The van der Waals surface area contributed by atoms with Gasteiger partial charge in [0.15, 0.2) is 0 Å². The van der Waals surface area contributed by atoms with Crippen molar-refractivity contribution >= 4 is 17.7 Å². The standard InChI is InChI=1S/C17H22FNO2S/c1-3-16(20)19(12-17(21)6-8-22-9-7-17)11-14-4-5-15(18)13(2)10-14/h3-5,10,21H,1,6-9,11-12H2,2H3. The molecule has 0 aliphatic carbocycles. The Morgan fingerprint density at radius 1 is 1.50 bits per heavy atom. The predicted molar refractivity (Wildman–Crippen MR) is 88.3 cm³/mol. The fourth-order valence-corrected chi connectivity index (χ4v) is 3.88. The minimum Gasteiger partial charge on any atom is -0.388 e. The molecule has 1 heterocycles. The molecular weight excluding hydrogens is 301 g/mol. The Balaban J connectivity index is 2.13. The molecule has 5 heteroatoms. The van der Waals surface area contributed by atoms with E-state index in [0.29, 0.717) is 24.9 Å². The summed E-state index contributed by atoms with van der Waals surface area (Å²) < 4.78 is 13.4. The molecule has 1 fully saturated rings. The van der Waals surface area contributed by atoms with Gasteiger partial charge in [-0.2, -0.15) is 11.8 Å². The third-order valence-corrected chi connectivity index (χ3v) is 4.98. The van der Waals surface area contributed by atoms with Gasteiger partial charge in [0.2, 0.25) is 5.91 Å². The Kier molecular flexibility index (Phi) is 5.64. The van der Waals surface area contributed by atoms with Gasteiger partial charge in [-0.3, -0.25) is 4.79 Å². The molecule has 120 valence electrons. The SMILES string of the molecule is C=CC(=O)N(Cc1ccc(F)c(C)c1)CC1(O)CCSCC1. The maximum Gasteiger partial charge on any atom is 0.246 e. The first-order chi connectivity index (χ1) is 10.4. The van der Waals surface area contributed by atoms with Crippen molar-refractivity contribution in [1.29, 1.82) is 0 Å². The van der Waals surface area contributed by atoms with Crippen LogP contribution in [-0.4, -0.2) is 39.6 Å². The normalized spacial score (nSPS) is 17.0. The molecule has 1 saturated heterocycles. The average Bonchev–Trinajstić information content (AvgIpc) is 2.50. The summed E-state index contributed by atoms with van der Waals surface area (Å²) >= 11 is 1.82. The van der Waals surface area contributed by atoms with Gasteiger partial charge < -0.3 is 10.0 Å². The third-order valence-electron chi connectivity index (χ3n) is 3.99. The Morgan fingerprint density at radius 3 is 2.77 bits per heavy atom. The molecule has 0 spiro atoms. The van der Waals surface area contributed by atoms with Crippen molar-refractivity contribution in [1.82, 2.24) is 4.90 Å². The Morgan fingerprint density at radius 2 is 2.18 bits per heavy atom. The van der Waals surface area contributed by atoms with Crippen LogP contribution in [0.15, 0.2) is 30.9 Å². The molecule has 1 aromatic rings. The summed E-state index contributed by atoms with van der Waals surface area (Å²) in [6.07, 6.45) is 2.62. The van der Waals surface area contributed by atoms with Crippen molar-refractivity contribution in [3.05, 3.63) is 47.8 Å². The van der Waals surface area contributed by atoms with Crippen LogP contribution in [0.5, 0.6) is 0 Å². The largest absolute Gasteiger partial charge is 0.388 e. The lowest BCUT2D eigenvalue weighted by molar-refractivity contribution is -0.130. The molecule has 22 heavy (non-hydrogen) atoms. The highest BCUT2D eigenvalue weighted by Crippen LogP contribution is 2.28. The van der Waals surface area contributed by atoms with E-state index in [-0.39, 0.29) is 18.3 Å². The molecule has 1 aliphatic heterocycles. The van der Waals surface area contributed by atoms with Crippen LogP contribution in [0, 0.1) is 12.7 Å². The van der Waals surface area contributed by atoms with Crippen LogP contribution in [-0.2, 0) is 11.3 Å². The Bertz CT molecular complexity index is 556. The highest BCUT2D eigenvalue weighted by Gasteiger charge is 2.32. The fraction of sp³-hybridized carbons (Fsp3) is 0.471. The quantitative estimate of drug-likeness (QED) is 0.847. The molecular formula is C17H22FNO2S. The van der Waals surface area contributed by atoms with E-state index in [1.807, 2.05) is 11.8 Å². The zero-order valence-corrected chi connectivity index (χ0v) is 13.7. The maximum absolute atomic E-state index is 13.4. The number of carbonyl (C=O) groups excluding carboxylic acids is 1. The van der Waals surface area contributed by atoms with Gasteiger partial charge in [0, 0.05) is 6.54 Å².